The number of anilines is 2. The van der Waals surface area contributed by atoms with Gasteiger partial charge in [-0.05, 0) is 48.7 Å². The van der Waals surface area contributed by atoms with E-state index in [0.29, 0.717) is 22.7 Å². The van der Waals surface area contributed by atoms with Crippen molar-refractivity contribution in [2.75, 3.05) is 17.6 Å². The van der Waals surface area contributed by atoms with E-state index in [9.17, 15) is 9.59 Å². The van der Waals surface area contributed by atoms with Crippen LogP contribution in [0.25, 0.3) is 10.8 Å². The fourth-order valence-electron chi connectivity index (χ4n) is 3.07. The van der Waals surface area contributed by atoms with Gasteiger partial charge in [-0.25, -0.2) is 4.98 Å². The zero-order valence-corrected chi connectivity index (χ0v) is 16.4. The second-order valence-electron chi connectivity index (χ2n) is 6.60. The largest absolute Gasteiger partial charge is 0.426 e. The number of pyridine rings is 1. The number of nitrogens with two attached hydrogens (primary N) is 1. The molecule has 0 saturated heterocycles. The maximum Gasteiger partial charge on any atom is 0.308 e. The van der Waals surface area contributed by atoms with Gasteiger partial charge in [0, 0.05) is 37.4 Å². The van der Waals surface area contributed by atoms with Gasteiger partial charge in [0.15, 0.2) is 0 Å². The molecule has 3 N–H and O–H groups in total. The molecule has 0 radical (unpaired) electrons. The molecule has 0 aliphatic rings. The Morgan fingerprint density at radius 2 is 1.69 bits per heavy atom. The van der Waals surface area contributed by atoms with Crippen LogP contribution in [0.15, 0.2) is 48.7 Å². The number of ether oxygens (including phenoxy) is 2. The van der Waals surface area contributed by atoms with Crippen molar-refractivity contribution >= 4 is 34.2 Å². The van der Waals surface area contributed by atoms with Gasteiger partial charge in [0.2, 0.25) is 0 Å². The third kappa shape index (κ3) is 5.22. The summed E-state index contributed by atoms with van der Waals surface area (Å²) in [6.07, 6.45) is 3.33. The Morgan fingerprint density at radius 3 is 2.34 bits per heavy atom. The van der Waals surface area contributed by atoms with Crippen LogP contribution in [0, 0.1) is 0 Å². The first-order valence-corrected chi connectivity index (χ1v) is 9.31. The van der Waals surface area contributed by atoms with Crippen molar-refractivity contribution in [2.24, 2.45) is 0 Å². The number of aromatic nitrogens is 1. The minimum Gasteiger partial charge on any atom is -0.426 e. The van der Waals surface area contributed by atoms with E-state index in [1.165, 1.54) is 13.8 Å². The summed E-state index contributed by atoms with van der Waals surface area (Å²) >= 11 is 0. The van der Waals surface area contributed by atoms with Gasteiger partial charge in [-0.1, -0.05) is 12.1 Å². The molecule has 0 fully saturated rings. The molecule has 150 valence electrons. The van der Waals surface area contributed by atoms with Crippen molar-refractivity contribution in [1.29, 1.82) is 0 Å². The molecule has 1 heterocycles. The van der Waals surface area contributed by atoms with Gasteiger partial charge in [0.1, 0.15) is 17.3 Å². The summed E-state index contributed by atoms with van der Waals surface area (Å²) in [5.74, 6) is 0.531. The predicted molar refractivity (Wildman–Crippen MR) is 112 cm³/mol. The maximum atomic E-state index is 11.4. The Kier molecular flexibility index (Phi) is 6.29. The van der Waals surface area contributed by atoms with E-state index in [2.05, 4.69) is 10.3 Å². The summed E-state index contributed by atoms with van der Waals surface area (Å²) in [5, 5.41) is 4.71. The smallest absolute Gasteiger partial charge is 0.308 e. The standard InChI is InChI=1S/C22H23N3O4/c1-14(26)28-20-9-10-21(29-15(2)27)18-13-16(7-8-17(18)20)5-3-11-24-19-6-4-12-25-22(19)23/h4,6-10,12-13,24H,3,5,11H2,1-2H3,(H2,23,25). The molecule has 0 amide bonds. The number of hydrogen-bond donors (Lipinski definition) is 2. The van der Waals surface area contributed by atoms with E-state index in [-0.39, 0.29) is 0 Å². The molecular weight excluding hydrogens is 370 g/mol. The summed E-state index contributed by atoms with van der Waals surface area (Å²) in [4.78, 5) is 26.9. The van der Waals surface area contributed by atoms with Crippen LogP contribution in [0.2, 0.25) is 0 Å². The lowest BCUT2D eigenvalue weighted by Gasteiger charge is -2.12. The predicted octanol–water partition coefficient (Wildman–Crippen LogP) is 3.71. The fraction of sp³-hybridized carbons (Fsp3) is 0.227. The topological polar surface area (TPSA) is 104 Å². The Hall–Kier alpha value is -3.61. The lowest BCUT2D eigenvalue weighted by molar-refractivity contribution is -0.132. The quantitative estimate of drug-likeness (QED) is 0.358. The zero-order valence-electron chi connectivity index (χ0n) is 16.4. The molecule has 1 aromatic heterocycles. The van der Waals surface area contributed by atoms with E-state index < -0.39 is 11.9 Å². The first-order chi connectivity index (χ1) is 13.9. The van der Waals surface area contributed by atoms with Gasteiger partial charge in [0.25, 0.3) is 0 Å². The molecule has 0 bridgehead atoms. The number of carbonyl (C=O) groups excluding carboxylic acids is 2. The lowest BCUT2D eigenvalue weighted by atomic mass is 10.0. The fourth-order valence-corrected chi connectivity index (χ4v) is 3.07. The average Bonchev–Trinajstić information content (AvgIpc) is 2.67. The van der Waals surface area contributed by atoms with Crippen LogP contribution in [-0.4, -0.2) is 23.5 Å². The van der Waals surface area contributed by atoms with Gasteiger partial charge in [-0.2, -0.15) is 0 Å². The second kappa shape index (κ2) is 9.05. The van der Waals surface area contributed by atoms with Gasteiger partial charge in [0.05, 0.1) is 5.69 Å². The number of nitrogens with one attached hydrogen (secondary N) is 1. The van der Waals surface area contributed by atoms with E-state index in [4.69, 9.17) is 15.2 Å². The minimum atomic E-state index is -0.407. The molecular formula is C22H23N3O4. The van der Waals surface area contributed by atoms with E-state index >= 15 is 0 Å². The van der Waals surface area contributed by atoms with Crippen LogP contribution in [-0.2, 0) is 16.0 Å². The molecule has 29 heavy (non-hydrogen) atoms. The van der Waals surface area contributed by atoms with Crippen LogP contribution < -0.4 is 20.5 Å². The van der Waals surface area contributed by atoms with E-state index in [0.717, 1.165) is 36.0 Å². The highest BCUT2D eigenvalue weighted by Crippen LogP contribution is 2.34. The third-order valence-corrected chi connectivity index (χ3v) is 4.30. The van der Waals surface area contributed by atoms with Crippen molar-refractivity contribution < 1.29 is 19.1 Å². The molecule has 0 saturated carbocycles. The molecule has 0 aliphatic carbocycles. The summed E-state index contributed by atoms with van der Waals surface area (Å²) in [6.45, 7) is 3.44. The number of carbonyl (C=O) groups is 2. The molecule has 7 nitrogen and oxygen atoms in total. The van der Waals surface area contributed by atoms with Crippen molar-refractivity contribution in [1.82, 2.24) is 4.98 Å². The van der Waals surface area contributed by atoms with E-state index in [1.807, 2.05) is 30.3 Å². The average molecular weight is 393 g/mol. The third-order valence-electron chi connectivity index (χ3n) is 4.30. The highest BCUT2D eigenvalue weighted by atomic mass is 16.5. The van der Waals surface area contributed by atoms with Crippen LogP contribution in [0.4, 0.5) is 11.5 Å². The summed E-state index contributed by atoms with van der Waals surface area (Å²) < 4.78 is 10.6. The number of benzene rings is 2. The highest BCUT2D eigenvalue weighted by Gasteiger charge is 2.12. The summed E-state index contributed by atoms with van der Waals surface area (Å²) in [7, 11) is 0. The minimum absolute atomic E-state index is 0.406. The van der Waals surface area contributed by atoms with Gasteiger partial charge >= 0.3 is 11.9 Å². The zero-order chi connectivity index (χ0) is 20.8. The molecule has 0 unspecified atom stereocenters. The molecule has 0 spiro atoms. The number of rotatable bonds is 7. The van der Waals surface area contributed by atoms with Crippen molar-refractivity contribution in [3.8, 4) is 11.5 Å². The Bertz CT molecular complexity index is 1050. The number of fused-ring (bicyclic) bond motifs is 1. The number of nitrogen functional groups attached to an aromatic ring is 1. The molecule has 3 aromatic rings. The second-order valence-corrected chi connectivity index (χ2v) is 6.60. The number of aryl methyl sites for hydroxylation is 1. The monoisotopic (exact) mass is 393 g/mol. The molecule has 7 heteroatoms. The molecule has 2 aromatic carbocycles. The number of esters is 2. The van der Waals surface area contributed by atoms with Crippen molar-refractivity contribution in [3.63, 3.8) is 0 Å². The first kappa shape index (κ1) is 20.1. The molecule has 0 atom stereocenters. The number of nitrogens with zero attached hydrogens (tertiary/aromatic N) is 1. The normalized spacial score (nSPS) is 10.6. The van der Waals surface area contributed by atoms with Crippen LogP contribution >= 0.6 is 0 Å². The van der Waals surface area contributed by atoms with Crippen LogP contribution in [0.3, 0.4) is 0 Å². The summed E-state index contributed by atoms with van der Waals surface area (Å²) in [5.41, 5.74) is 7.72. The summed E-state index contributed by atoms with van der Waals surface area (Å²) in [6, 6.07) is 12.8. The Balaban J connectivity index is 1.77. The first-order valence-electron chi connectivity index (χ1n) is 9.31. The Labute approximate surface area is 168 Å². The molecule has 3 rings (SSSR count). The van der Waals surface area contributed by atoms with Gasteiger partial charge < -0.3 is 20.5 Å². The van der Waals surface area contributed by atoms with Gasteiger partial charge in [-0.3, -0.25) is 9.59 Å². The van der Waals surface area contributed by atoms with Crippen molar-refractivity contribution in [3.05, 3.63) is 54.2 Å². The lowest BCUT2D eigenvalue weighted by Crippen LogP contribution is -2.06. The van der Waals surface area contributed by atoms with E-state index in [1.54, 1.807) is 18.3 Å². The Morgan fingerprint density at radius 1 is 1.00 bits per heavy atom. The SMILES string of the molecule is CC(=O)Oc1ccc(OC(C)=O)c2cc(CCCNc3cccnc3N)ccc12. The van der Waals surface area contributed by atoms with Crippen LogP contribution in [0.1, 0.15) is 25.8 Å². The van der Waals surface area contributed by atoms with Gasteiger partial charge in [-0.15, -0.1) is 0 Å². The molecule has 0 aliphatic heterocycles. The highest BCUT2D eigenvalue weighted by molar-refractivity contribution is 5.96. The van der Waals surface area contributed by atoms with Crippen LogP contribution in [0.5, 0.6) is 11.5 Å². The van der Waals surface area contributed by atoms with Crippen molar-refractivity contribution in [2.45, 2.75) is 26.7 Å². The number of hydrogen-bond acceptors (Lipinski definition) is 7. The maximum absolute atomic E-state index is 11.4.